The Balaban J connectivity index is 1.71. The molecular weight excluding hydrogens is 332 g/mol. The second kappa shape index (κ2) is 7.67. The summed E-state index contributed by atoms with van der Waals surface area (Å²) in [5.41, 5.74) is -0.806. The summed E-state index contributed by atoms with van der Waals surface area (Å²) in [7, 11) is 3.39. The van der Waals surface area contributed by atoms with Gasteiger partial charge >= 0.3 is 6.03 Å². The molecule has 2 saturated carbocycles. The van der Waals surface area contributed by atoms with Crippen molar-refractivity contribution in [2.24, 2.45) is 11.8 Å². The number of hydrogen-bond donors (Lipinski definition) is 0. The third-order valence-electron chi connectivity index (χ3n) is 7.02. The molecule has 1 heterocycles. The highest BCUT2D eigenvalue weighted by Gasteiger charge is 2.56. The van der Waals surface area contributed by atoms with Crippen LogP contribution in [-0.4, -0.2) is 59.9 Å². The van der Waals surface area contributed by atoms with Crippen molar-refractivity contribution >= 4 is 17.7 Å². The molecule has 3 atom stereocenters. The molecule has 3 amide bonds. The molecule has 0 radical (unpaired) electrons. The highest BCUT2D eigenvalue weighted by Crippen LogP contribution is 2.41. The Kier molecular flexibility index (Phi) is 5.70. The maximum atomic E-state index is 13.2. The second-order valence-electron chi connectivity index (χ2n) is 8.40. The lowest BCUT2D eigenvalue weighted by Crippen LogP contribution is -2.52. The molecule has 3 rings (SSSR count). The van der Waals surface area contributed by atoms with Crippen molar-refractivity contribution in [3.05, 3.63) is 0 Å². The Hall–Kier alpha value is -1.43. The number of ketones is 1. The molecule has 3 aliphatic rings. The topological polar surface area (TPSA) is 66.9 Å². The van der Waals surface area contributed by atoms with Gasteiger partial charge in [0.1, 0.15) is 5.54 Å². The predicted molar refractivity (Wildman–Crippen MR) is 97.6 cm³/mol. The minimum Gasteiger partial charge on any atom is -0.381 e. The lowest BCUT2D eigenvalue weighted by Gasteiger charge is -2.38. The van der Waals surface area contributed by atoms with Crippen molar-refractivity contribution in [1.82, 2.24) is 9.80 Å². The lowest BCUT2D eigenvalue weighted by atomic mass is 9.75. The molecule has 0 spiro atoms. The van der Waals surface area contributed by atoms with E-state index < -0.39 is 5.54 Å². The number of likely N-dealkylation sites (N-methyl/N-ethyl adjacent to an activating group) is 1. The van der Waals surface area contributed by atoms with Crippen molar-refractivity contribution in [2.75, 3.05) is 20.7 Å². The van der Waals surface area contributed by atoms with E-state index in [0.717, 1.165) is 44.9 Å². The number of rotatable bonds is 5. The highest BCUT2D eigenvalue weighted by molar-refractivity contribution is 6.09. The molecule has 6 nitrogen and oxygen atoms in total. The Morgan fingerprint density at radius 1 is 1.12 bits per heavy atom. The first kappa shape index (κ1) is 19.3. The number of nitrogens with zero attached hydrogens (tertiary/aromatic N) is 2. The van der Waals surface area contributed by atoms with E-state index in [0.29, 0.717) is 6.42 Å². The van der Waals surface area contributed by atoms with E-state index in [1.54, 1.807) is 19.1 Å². The van der Waals surface area contributed by atoms with Crippen LogP contribution in [0.4, 0.5) is 4.79 Å². The van der Waals surface area contributed by atoms with Crippen LogP contribution in [0.15, 0.2) is 0 Å². The first-order valence-electron chi connectivity index (χ1n) is 10.0. The number of methoxy groups -OCH3 is 1. The summed E-state index contributed by atoms with van der Waals surface area (Å²) in [4.78, 5) is 41.5. The van der Waals surface area contributed by atoms with Gasteiger partial charge in [0.2, 0.25) is 0 Å². The summed E-state index contributed by atoms with van der Waals surface area (Å²) >= 11 is 0. The van der Waals surface area contributed by atoms with E-state index in [2.05, 4.69) is 0 Å². The fourth-order valence-electron chi connectivity index (χ4n) is 5.07. The minimum absolute atomic E-state index is 0.00487. The maximum Gasteiger partial charge on any atom is 0.327 e. The zero-order valence-corrected chi connectivity index (χ0v) is 16.3. The molecular formula is C20H32N2O4. The summed E-state index contributed by atoms with van der Waals surface area (Å²) in [6, 6.07) is -0.324. The molecule has 1 saturated heterocycles. The lowest BCUT2D eigenvalue weighted by molar-refractivity contribution is -0.138. The Morgan fingerprint density at radius 2 is 1.81 bits per heavy atom. The number of urea groups is 1. The zero-order chi connectivity index (χ0) is 18.9. The van der Waals surface area contributed by atoms with Crippen LogP contribution in [0.25, 0.3) is 0 Å². The second-order valence-corrected chi connectivity index (χ2v) is 8.40. The summed E-state index contributed by atoms with van der Waals surface area (Å²) in [6.45, 7) is 1.79. The molecule has 2 aliphatic carbocycles. The van der Waals surface area contributed by atoms with Crippen LogP contribution in [0.1, 0.15) is 64.7 Å². The van der Waals surface area contributed by atoms with Crippen LogP contribution in [0.5, 0.6) is 0 Å². The fraction of sp³-hybridized carbons (Fsp3) is 0.850. The van der Waals surface area contributed by atoms with E-state index in [1.165, 1.54) is 11.3 Å². The molecule has 26 heavy (non-hydrogen) atoms. The normalized spacial score (nSPS) is 33.8. The number of hydrogen-bond acceptors (Lipinski definition) is 4. The largest absolute Gasteiger partial charge is 0.381 e. The summed E-state index contributed by atoms with van der Waals surface area (Å²) in [5.74, 6) is -0.120. The van der Waals surface area contributed by atoms with Gasteiger partial charge in [-0.1, -0.05) is 25.7 Å². The van der Waals surface area contributed by atoms with E-state index in [1.807, 2.05) is 6.92 Å². The molecule has 6 heteroatoms. The van der Waals surface area contributed by atoms with E-state index in [4.69, 9.17) is 4.74 Å². The molecule has 3 fully saturated rings. The van der Waals surface area contributed by atoms with Crippen LogP contribution in [-0.2, 0) is 14.3 Å². The molecule has 0 N–H and O–H groups in total. The zero-order valence-electron chi connectivity index (χ0n) is 16.3. The molecule has 0 aromatic rings. The van der Waals surface area contributed by atoms with Gasteiger partial charge in [-0.05, 0) is 44.9 Å². The summed E-state index contributed by atoms with van der Waals surface area (Å²) in [5, 5.41) is 0. The van der Waals surface area contributed by atoms with Gasteiger partial charge in [-0.3, -0.25) is 14.5 Å². The van der Waals surface area contributed by atoms with E-state index in [-0.39, 0.29) is 42.2 Å². The number of imide groups is 1. The van der Waals surface area contributed by atoms with Gasteiger partial charge < -0.3 is 9.64 Å². The number of Topliss-reactive ketones (excluding diaryl/α,β-unsaturated/α-hetero) is 1. The summed E-state index contributed by atoms with van der Waals surface area (Å²) in [6.07, 6.45) is 8.91. The molecule has 146 valence electrons. The van der Waals surface area contributed by atoms with E-state index in [9.17, 15) is 14.4 Å². The van der Waals surface area contributed by atoms with Crippen molar-refractivity contribution in [3.8, 4) is 0 Å². The van der Waals surface area contributed by atoms with Gasteiger partial charge in [-0.25, -0.2) is 4.79 Å². The van der Waals surface area contributed by atoms with Crippen LogP contribution in [0.3, 0.4) is 0 Å². The van der Waals surface area contributed by atoms with Crippen molar-refractivity contribution in [1.29, 1.82) is 0 Å². The van der Waals surface area contributed by atoms with Gasteiger partial charge in [0, 0.05) is 20.1 Å². The monoisotopic (exact) mass is 364 g/mol. The molecule has 0 aromatic heterocycles. The van der Waals surface area contributed by atoms with Gasteiger partial charge in [-0.2, -0.15) is 0 Å². The maximum absolute atomic E-state index is 13.2. The Bertz CT molecular complexity index is 572. The van der Waals surface area contributed by atoms with Crippen molar-refractivity contribution in [2.45, 2.75) is 76.4 Å². The van der Waals surface area contributed by atoms with Crippen molar-refractivity contribution < 1.29 is 19.1 Å². The Labute approximate surface area is 156 Å². The summed E-state index contributed by atoms with van der Waals surface area (Å²) < 4.78 is 5.41. The molecule has 0 aromatic carbocycles. The first-order chi connectivity index (χ1) is 12.4. The van der Waals surface area contributed by atoms with Gasteiger partial charge in [0.25, 0.3) is 5.91 Å². The smallest absolute Gasteiger partial charge is 0.327 e. The average Bonchev–Trinajstić information content (AvgIpc) is 2.85. The van der Waals surface area contributed by atoms with Crippen LogP contribution >= 0.6 is 0 Å². The number of carbonyl (C=O) groups excluding carboxylic acids is 3. The third-order valence-corrected chi connectivity index (χ3v) is 7.02. The highest BCUT2D eigenvalue weighted by atomic mass is 16.5. The number of ether oxygens (including phenoxy) is 1. The molecule has 1 aliphatic heterocycles. The molecule has 3 unspecified atom stereocenters. The van der Waals surface area contributed by atoms with Gasteiger partial charge in [0.15, 0.2) is 5.78 Å². The van der Waals surface area contributed by atoms with Crippen LogP contribution < -0.4 is 0 Å². The standard InChI is InChI=1S/C20H32N2O4/c1-20(15-9-5-4-6-10-15)18(24)22(19(25)21(20)2)13-17(23)14-8-7-11-16(12-14)26-3/h14-16H,4-13H2,1-3H3. The quantitative estimate of drug-likeness (QED) is 0.704. The third kappa shape index (κ3) is 3.28. The number of carbonyl (C=O) groups is 3. The fourth-order valence-corrected chi connectivity index (χ4v) is 5.07. The minimum atomic E-state index is -0.806. The molecule has 0 bridgehead atoms. The number of amides is 3. The van der Waals surface area contributed by atoms with Crippen LogP contribution in [0.2, 0.25) is 0 Å². The van der Waals surface area contributed by atoms with Crippen LogP contribution in [0, 0.1) is 11.8 Å². The van der Waals surface area contributed by atoms with Gasteiger partial charge in [0.05, 0.1) is 12.6 Å². The predicted octanol–water partition coefficient (Wildman–Crippen LogP) is 2.99. The van der Waals surface area contributed by atoms with Crippen molar-refractivity contribution in [3.63, 3.8) is 0 Å². The average molecular weight is 364 g/mol. The van der Waals surface area contributed by atoms with Gasteiger partial charge in [-0.15, -0.1) is 0 Å². The first-order valence-corrected chi connectivity index (χ1v) is 10.0. The van der Waals surface area contributed by atoms with E-state index >= 15 is 0 Å². The SMILES string of the molecule is COC1CCCC(C(=O)CN2C(=O)N(C)C(C)(C3CCCCC3)C2=O)C1. The Morgan fingerprint density at radius 3 is 2.46 bits per heavy atom.